The molecular weight excluding hydrogens is 785 g/mol. The lowest BCUT2D eigenvalue weighted by molar-refractivity contribution is -0.746. The molecule has 0 aliphatic carbocycles. The third-order valence-electron chi connectivity index (χ3n) is 8.00. The summed E-state index contributed by atoms with van der Waals surface area (Å²) in [6.07, 6.45) is -11.1. The fourth-order valence-electron chi connectivity index (χ4n) is 5.74. The lowest BCUT2D eigenvalue weighted by atomic mass is 10.1. The Kier molecular flexibility index (Phi) is 10.3. The number of hydrogen-bond donors (Lipinski definition) is 8. The first-order valence-corrected chi connectivity index (χ1v) is 19.2. The van der Waals surface area contributed by atoms with Crippen LogP contribution in [0.3, 0.4) is 0 Å². The van der Waals surface area contributed by atoms with Crippen LogP contribution in [0, 0.1) is 0 Å². The maximum atomic E-state index is 12.3. The Bertz CT molecular complexity index is 2170. The second kappa shape index (κ2) is 14.0. The van der Waals surface area contributed by atoms with E-state index in [0.29, 0.717) is 0 Å². The number of aryl methyl sites for hydroxylation is 2. The van der Waals surface area contributed by atoms with Gasteiger partial charge < -0.3 is 65.1 Å². The molecule has 10 N–H and O–H groups in total. The van der Waals surface area contributed by atoms with E-state index in [1.165, 1.54) is 35.9 Å². The van der Waals surface area contributed by atoms with Gasteiger partial charge in [0.25, 0.3) is 46.5 Å². The van der Waals surface area contributed by atoms with Crippen LogP contribution in [0.1, 0.15) is 12.5 Å². The zero-order chi connectivity index (χ0) is 38.9. The molecule has 2 aliphatic rings. The summed E-state index contributed by atoms with van der Waals surface area (Å²) in [6.45, 7) is -2.37. The number of nitrogens with one attached hydrogen (secondary N) is 2. The number of nitrogens with zero attached hydrogens (tertiary/aromatic N) is 6. The van der Waals surface area contributed by atoms with E-state index in [1.807, 2.05) is 0 Å². The third-order valence-corrected chi connectivity index (χ3v) is 12.1. The minimum Gasteiger partial charge on any atom is -0.756 e. The molecule has 6 heterocycles. The summed E-state index contributed by atoms with van der Waals surface area (Å²) in [5.74, 6) is -0.595. The Balaban J connectivity index is 1.05. The van der Waals surface area contributed by atoms with Gasteiger partial charge in [-0.3, -0.25) is 42.4 Å². The molecule has 0 saturated carbocycles. The van der Waals surface area contributed by atoms with E-state index >= 15 is 0 Å². The van der Waals surface area contributed by atoms with Crippen molar-refractivity contribution in [3.63, 3.8) is 0 Å². The number of aliphatic hydroxyl groups is 4. The van der Waals surface area contributed by atoms with Crippen molar-refractivity contribution in [3.8, 4) is 0 Å². The number of aliphatic hydroxyl groups excluding tert-OH is 4. The molecule has 28 nitrogen and oxygen atoms in total. The van der Waals surface area contributed by atoms with Crippen LogP contribution in [-0.2, 0) is 54.9 Å². The Hall–Kier alpha value is -3.53. The largest absolute Gasteiger partial charge is 0.756 e. The molecule has 10 atom stereocenters. The van der Waals surface area contributed by atoms with E-state index < -0.39 is 96.9 Å². The molecule has 4 aromatic heterocycles. The van der Waals surface area contributed by atoms with Crippen molar-refractivity contribution in [3.05, 3.63) is 33.4 Å². The molecule has 31 heteroatoms. The number of fused-ring (bicyclic) bond motifs is 2. The van der Waals surface area contributed by atoms with Crippen LogP contribution >= 0.6 is 23.5 Å². The van der Waals surface area contributed by atoms with Gasteiger partial charge in [-0.05, 0) is 0 Å². The zero-order valence-corrected chi connectivity index (χ0v) is 29.6. The SMILES string of the molecule is Cn1c[n+]([C@@H]2O[C@H](COP(=O)([O-])OP(=O)([O-])OP(=O)([O-])OC[C@H]3O[C@@H]([n+]4cn(C)c5c(=O)[nH]c(N)nc54)[C@H](O)[C@@H]3O)[C@@H](O)[C@H]2O)c2nc(N)[nH]c(=O)c21. The lowest BCUT2D eigenvalue weighted by Gasteiger charge is -2.34. The van der Waals surface area contributed by atoms with Gasteiger partial charge in [0.1, 0.15) is 36.6 Å². The van der Waals surface area contributed by atoms with Crippen molar-refractivity contribution < 1.29 is 85.1 Å². The smallest absolute Gasteiger partial charge is 0.313 e. The molecule has 2 aliphatic heterocycles. The normalized spacial score (nSPS) is 29.8. The number of nitrogens with two attached hydrogens (primary N) is 2. The fourth-order valence-corrected chi connectivity index (χ4v) is 9.12. The molecule has 0 radical (unpaired) electrons. The predicted octanol–water partition coefficient (Wildman–Crippen LogP) is -7.01. The van der Waals surface area contributed by atoms with Crippen molar-refractivity contribution in [1.29, 1.82) is 0 Å². The van der Waals surface area contributed by atoms with Crippen molar-refractivity contribution >= 4 is 57.7 Å². The first-order chi connectivity index (χ1) is 24.6. The van der Waals surface area contributed by atoms with Gasteiger partial charge in [-0.2, -0.15) is 0 Å². The van der Waals surface area contributed by atoms with Crippen LogP contribution in [0.5, 0.6) is 0 Å². The first kappa shape index (κ1) is 39.2. The van der Waals surface area contributed by atoms with Gasteiger partial charge in [0.15, 0.2) is 12.7 Å². The summed E-state index contributed by atoms with van der Waals surface area (Å²) in [5.41, 5.74) is 9.68. The molecule has 4 aromatic rings. The van der Waals surface area contributed by atoms with Crippen LogP contribution < -0.4 is 46.4 Å². The number of nitrogen functional groups attached to an aromatic ring is 2. The number of ether oxygens (including phenoxy) is 2. The van der Waals surface area contributed by atoms with Gasteiger partial charge in [0.2, 0.25) is 23.5 Å². The van der Waals surface area contributed by atoms with E-state index in [4.69, 9.17) is 20.9 Å². The molecular formula is C22H30N10O18P3-. The van der Waals surface area contributed by atoms with E-state index in [0.717, 1.165) is 9.13 Å². The highest BCUT2D eigenvalue weighted by molar-refractivity contribution is 7.65. The summed E-state index contributed by atoms with van der Waals surface area (Å²) in [7, 11) is -15.5. The van der Waals surface area contributed by atoms with Gasteiger partial charge in [0.05, 0.1) is 27.3 Å². The van der Waals surface area contributed by atoms with Gasteiger partial charge in [-0.15, -0.1) is 0 Å². The third kappa shape index (κ3) is 7.72. The molecule has 292 valence electrons. The highest BCUT2D eigenvalue weighted by atomic mass is 31.3. The van der Waals surface area contributed by atoms with E-state index in [9.17, 15) is 58.4 Å². The Morgan fingerprint density at radius 1 is 0.736 bits per heavy atom. The average Bonchev–Trinajstić information content (AvgIpc) is 3.71. The van der Waals surface area contributed by atoms with E-state index in [1.54, 1.807) is 0 Å². The summed E-state index contributed by atoms with van der Waals surface area (Å²) >= 11 is 0. The fraction of sp³-hybridized carbons (Fsp3) is 0.545. The van der Waals surface area contributed by atoms with Crippen molar-refractivity contribution in [1.82, 2.24) is 29.1 Å². The van der Waals surface area contributed by atoms with Gasteiger partial charge in [-0.25, -0.2) is 17.8 Å². The number of anilines is 2. The van der Waals surface area contributed by atoms with Crippen LogP contribution in [0.25, 0.3) is 22.3 Å². The number of imidazole rings is 2. The van der Waals surface area contributed by atoms with Crippen molar-refractivity contribution in [2.75, 3.05) is 24.7 Å². The number of aromatic amines is 2. The molecule has 53 heavy (non-hydrogen) atoms. The molecule has 6 rings (SSSR count). The number of phosphoric acid groups is 3. The molecule has 2 saturated heterocycles. The molecule has 0 spiro atoms. The maximum Gasteiger partial charge on any atom is 0.313 e. The highest BCUT2D eigenvalue weighted by Gasteiger charge is 2.49. The number of phosphoric ester groups is 2. The molecule has 0 amide bonds. The maximum absolute atomic E-state index is 12.3. The standard InChI is InChI=1S/C22H31N10O18P3/c1-29-5-31(15-9(29)17(37)27-21(23)25-15)19-13(35)11(33)7(47-19)3-45-51(39,40)49-53(43,44)50-52(41,42)46-4-8-12(34)14(36)20(48-8)32-6-30(2)10-16(32)26-22(24)28-18(10)38/h5-8,11-14,19-20,33-36H,3-4H2,1-2H3,(H7-2,23,24,25,26,27,28,37,38,39,40,41,42,43,44)/p-1/t7-,8-,11-,12-,13-,14-,19-,20-/m1/s1. The van der Waals surface area contributed by atoms with Gasteiger partial charge in [0, 0.05) is 0 Å². The summed E-state index contributed by atoms with van der Waals surface area (Å²) < 4.78 is 69.2. The van der Waals surface area contributed by atoms with Crippen molar-refractivity contribution in [2.24, 2.45) is 14.1 Å². The van der Waals surface area contributed by atoms with Crippen LogP contribution in [0.15, 0.2) is 22.2 Å². The van der Waals surface area contributed by atoms with Crippen molar-refractivity contribution in [2.45, 2.75) is 49.1 Å². The first-order valence-electron chi connectivity index (χ1n) is 14.8. The highest BCUT2D eigenvalue weighted by Crippen LogP contribution is 2.63. The molecule has 0 bridgehead atoms. The monoisotopic (exact) mass is 815 g/mol. The van der Waals surface area contributed by atoms with Crippen LogP contribution in [0.4, 0.5) is 11.9 Å². The quantitative estimate of drug-likeness (QED) is 0.0486. The Morgan fingerprint density at radius 3 is 1.45 bits per heavy atom. The Labute approximate surface area is 293 Å². The molecule has 2 unspecified atom stereocenters. The summed E-state index contributed by atoms with van der Waals surface area (Å²) in [6, 6.07) is 0. The van der Waals surface area contributed by atoms with E-state index in [-0.39, 0.29) is 34.2 Å². The van der Waals surface area contributed by atoms with E-state index in [2.05, 4.69) is 37.6 Å². The number of hydrogen-bond acceptors (Lipinski definition) is 22. The minimum atomic E-state index is -6.38. The second-order valence-electron chi connectivity index (χ2n) is 11.7. The summed E-state index contributed by atoms with van der Waals surface area (Å²) in [4.78, 5) is 74.1. The predicted molar refractivity (Wildman–Crippen MR) is 161 cm³/mol. The molecule has 0 aromatic carbocycles. The minimum absolute atomic E-state index is 0.0106. The van der Waals surface area contributed by atoms with Gasteiger partial charge >= 0.3 is 11.3 Å². The number of H-pyrrole nitrogens is 2. The Morgan fingerprint density at radius 2 is 1.09 bits per heavy atom. The van der Waals surface area contributed by atoms with Crippen LogP contribution in [-0.4, -0.2) is 99.3 Å². The number of rotatable bonds is 12. The van der Waals surface area contributed by atoms with Gasteiger partial charge in [-0.1, -0.05) is 9.97 Å². The average molecular weight is 815 g/mol. The van der Waals surface area contributed by atoms with Crippen LogP contribution in [0.2, 0.25) is 0 Å². The topological polar surface area (TPSA) is 418 Å². The molecule has 2 fully saturated rings. The zero-order valence-electron chi connectivity index (χ0n) is 26.9. The summed E-state index contributed by atoms with van der Waals surface area (Å²) in [5, 5.41) is 42.1. The second-order valence-corrected chi connectivity index (χ2v) is 16.2. The lowest BCUT2D eigenvalue weighted by Crippen LogP contribution is -2.46. The number of aromatic nitrogens is 8.